The summed E-state index contributed by atoms with van der Waals surface area (Å²) in [5.74, 6) is 0. The Morgan fingerprint density at radius 2 is 1.52 bits per heavy atom. The van der Waals surface area contributed by atoms with Crippen molar-refractivity contribution in [1.29, 1.82) is 0 Å². The Labute approximate surface area is 153 Å². The third-order valence-electron chi connectivity index (χ3n) is 4.75. The Morgan fingerprint density at radius 1 is 0.880 bits per heavy atom. The lowest BCUT2D eigenvalue weighted by atomic mass is 9.94. The zero-order valence-electron chi connectivity index (χ0n) is 14.3. The van der Waals surface area contributed by atoms with E-state index < -0.39 is 0 Å². The maximum atomic E-state index is 6.07. The molecule has 1 saturated heterocycles. The summed E-state index contributed by atoms with van der Waals surface area (Å²) in [6, 6.07) is 26.2. The van der Waals surface area contributed by atoms with Crippen LogP contribution in [-0.2, 0) is 11.2 Å². The summed E-state index contributed by atoms with van der Waals surface area (Å²) in [5.41, 5.74) is 2.71. The molecule has 0 atom stereocenters. The van der Waals surface area contributed by atoms with Crippen LogP contribution < -0.4 is 0 Å². The van der Waals surface area contributed by atoms with Gasteiger partial charge in [0.25, 0.3) is 0 Å². The van der Waals surface area contributed by atoms with E-state index in [1.807, 2.05) is 11.3 Å². The molecular formula is C22H23NOS. The quantitative estimate of drug-likeness (QED) is 0.608. The van der Waals surface area contributed by atoms with Crippen LogP contribution >= 0.6 is 11.3 Å². The molecule has 2 heterocycles. The normalized spacial score (nSPS) is 15.4. The molecule has 2 aromatic carbocycles. The van der Waals surface area contributed by atoms with Gasteiger partial charge in [-0.25, -0.2) is 0 Å². The standard InChI is InChI=1S/C22H23NOS/c1-3-8-18(9-4-1)22(19-10-5-2-6-11-19)23-16-20(17-23)24-14-13-21-12-7-15-25-21/h1-12,15,20,22H,13-14,16-17H2. The first-order valence-electron chi connectivity index (χ1n) is 8.88. The van der Waals surface area contributed by atoms with Gasteiger partial charge in [-0.2, -0.15) is 0 Å². The van der Waals surface area contributed by atoms with Crippen molar-refractivity contribution in [3.8, 4) is 0 Å². The molecule has 0 bridgehead atoms. The molecule has 0 saturated carbocycles. The summed E-state index contributed by atoms with van der Waals surface area (Å²) in [6.45, 7) is 2.82. The third kappa shape index (κ3) is 4.01. The maximum absolute atomic E-state index is 6.07. The highest BCUT2D eigenvalue weighted by molar-refractivity contribution is 7.09. The van der Waals surface area contributed by atoms with Gasteiger partial charge in [0.15, 0.2) is 0 Å². The van der Waals surface area contributed by atoms with Gasteiger partial charge in [-0.15, -0.1) is 11.3 Å². The van der Waals surface area contributed by atoms with Gasteiger partial charge in [0.05, 0.1) is 18.8 Å². The topological polar surface area (TPSA) is 12.5 Å². The minimum absolute atomic E-state index is 0.319. The van der Waals surface area contributed by atoms with Crippen molar-refractivity contribution in [2.45, 2.75) is 18.6 Å². The third-order valence-corrected chi connectivity index (χ3v) is 5.69. The average molecular weight is 349 g/mol. The summed E-state index contributed by atoms with van der Waals surface area (Å²) in [4.78, 5) is 3.92. The van der Waals surface area contributed by atoms with E-state index in [1.54, 1.807) is 0 Å². The Balaban J connectivity index is 1.37. The van der Waals surface area contributed by atoms with Gasteiger partial charge in [-0.3, -0.25) is 4.90 Å². The lowest BCUT2D eigenvalue weighted by molar-refractivity contribution is -0.0653. The second-order valence-electron chi connectivity index (χ2n) is 6.50. The Hall–Kier alpha value is -1.94. The van der Waals surface area contributed by atoms with Gasteiger partial charge < -0.3 is 4.74 Å². The summed E-state index contributed by atoms with van der Waals surface area (Å²) in [6.07, 6.45) is 1.38. The van der Waals surface area contributed by atoms with E-state index in [1.165, 1.54) is 16.0 Å². The minimum Gasteiger partial charge on any atom is -0.375 e. The molecule has 1 aliphatic heterocycles. The van der Waals surface area contributed by atoms with Gasteiger partial charge in [0.1, 0.15) is 0 Å². The van der Waals surface area contributed by atoms with Crippen LogP contribution in [0.4, 0.5) is 0 Å². The van der Waals surface area contributed by atoms with Gasteiger partial charge in [0, 0.05) is 24.4 Å². The fourth-order valence-electron chi connectivity index (χ4n) is 3.45. The van der Waals surface area contributed by atoms with E-state index in [9.17, 15) is 0 Å². The van der Waals surface area contributed by atoms with Crippen molar-refractivity contribution < 1.29 is 4.74 Å². The second kappa shape index (κ2) is 7.96. The molecule has 0 spiro atoms. The molecule has 2 nitrogen and oxygen atoms in total. The van der Waals surface area contributed by atoms with Crippen molar-refractivity contribution in [3.05, 3.63) is 94.2 Å². The van der Waals surface area contributed by atoms with Crippen molar-refractivity contribution >= 4 is 11.3 Å². The first-order chi connectivity index (χ1) is 12.4. The predicted octanol–water partition coefficient (Wildman–Crippen LogP) is 4.78. The highest BCUT2D eigenvalue weighted by Gasteiger charge is 2.34. The van der Waals surface area contributed by atoms with Crippen LogP contribution in [0.25, 0.3) is 0 Å². The molecular weight excluding hydrogens is 326 g/mol. The van der Waals surface area contributed by atoms with Crippen LogP contribution in [0.2, 0.25) is 0 Å². The number of nitrogens with zero attached hydrogens (tertiary/aromatic N) is 1. The van der Waals surface area contributed by atoms with Gasteiger partial charge in [-0.1, -0.05) is 66.7 Å². The first-order valence-corrected chi connectivity index (χ1v) is 9.76. The Morgan fingerprint density at radius 3 is 2.08 bits per heavy atom. The zero-order valence-corrected chi connectivity index (χ0v) is 15.1. The van der Waals surface area contributed by atoms with Gasteiger partial charge in [0.2, 0.25) is 0 Å². The number of rotatable bonds is 7. The van der Waals surface area contributed by atoms with E-state index in [2.05, 4.69) is 83.1 Å². The molecule has 25 heavy (non-hydrogen) atoms. The average Bonchev–Trinajstić information content (AvgIpc) is 3.14. The highest BCUT2D eigenvalue weighted by atomic mass is 32.1. The molecule has 0 N–H and O–H groups in total. The van der Waals surface area contributed by atoms with Crippen LogP contribution in [0.5, 0.6) is 0 Å². The molecule has 1 aliphatic rings. The van der Waals surface area contributed by atoms with Crippen molar-refractivity contribution in [3.63, 3.8) is 0 Å². The summed E-state index contributed by atoms with van der Waals surface area (Å²) < 4.78 is 6.07. The Bertz CT molecular complexity index is 712. The van der Waals surface area contributed by atoms with Crippen LogP contribution in [0, 0.1) is 0 Å². The van der Waals surface area contributed by atoms with Crippen molar-refractivity contribution in [2.24, 2.45) is 0 Å². The molecule has 4 rings (SSSR count). The predicted molar refractivity (Wildman–Crippen MR) is 104 cm³/mol. The molecule has 3 heteroatoms. The molecule has 0 amide bonds. The van der Waals surface area contributed by atoms with E-state index in [0.717, 1.165) is 26.1 Å². The summed E-state index contributed by atoms with van der Waals surface area (Å²) in [5, 5.41) is 2.13. The lowest BCUT2D eigenvalue weighted by Crippen LogP contribution is -2.53. The fourth-order valence-corrected chi connectivity index (χ4v) is 4.14. The van der Waals surface area contributed by atoms with E-state index in [4.69, 9.17) is 4.74 Å². The van der Waals surface area contributed by atoms with Gasteiger partial charge in [-0.05, 0) is 22.6 Å². The van der Waals surface area contributed by atoms with Crippen LogP contribution in [0.1, 0.15) is 22.0 Å². The molecule has 3 aromatic rings. The Kier molecular flexibility index (Phi) is 5.26. The van der Waals surface area contributed by atoms with Crippen molar-refractivity contribution in [2.75, 3.05) is 19.7 Å². The summed E-state index contributed by atoms with van der Waals surface area (Å²) in [7, 11) is 0. The lowest BCUT2D eigenvalue weighted by Gasteiger charge is -2.44. The highest BCUT2D eigenvalue weighted by Crippen LogP contribution is 2.32. The number of hydrogen-bond acceptors (Lipinski definition) is 3. The van der Waals surface area contributed by atoms with Crippen LogP contribution in [0.15, 0.2) is 78.2 Å². The molecule has 0 unspecified atom stereocenters. The minimum atomic E-state index is 0.319. The number of benzene rings is 2. The van der Waals surface area contributed by atoms with E-state index in [0.29, 0.717) is 12.1 Å². The van der Waals surface area contributed by atoms with E-state index in [-0.39, 0.29) is 0 Å². The SMILES string of the molecule is c1ccc(C(c2ccccc2)N2CC(OCCc3cccs3)C2)cc1. The van der Waals surface area contributed by atoms with E-state index >= 15 is 0 Å². The smallest absolute Gasteiger partial charge is 0.0829 e. The number of likely N-dealkylation sites (tertiary alicyclic amines) is 1. The van der Waals surface area contributed by atoms with Crippen molar-refractivity contribution in [1.82, 2.24) is 4.90 Å². The largest absolute Gasteiger partial charge is 0.375 e. The number of ether oxygens (including phenoxy) is 1. The monoisotopic (exact) mass is 349 g/mol. The maximum Gasteiger partial charge on any atom is 0.0829 e. The molecule has 128 valence electrons. The molecule has 1 fully saturated rings. The molecule has 0 aliphatic carbocycles. The van der Waals surface area contributed by atoms with Crippen LogP contribution in [0.3, 0.4) is 0 Å². The van der Waals surface area contributed by atoms with Crippen LogP contribution in [-0.4, -0.2) is 30.7 Å². The molecule has 0 radical (unpaired) electrons. The number of thiophene rings is 1. The zero-order chi connectivity index (χ0) is 16.9. The molecule has 1 aromatic heterocycles. The first kappa shape index (κ1) is 16.5. The van der Waals surface area contributed by atoms with Gasteiger partial charge >= 0.3 is 0 Å². The summed E-state index contributed by atoms with van der Waals surface area (Å²) >= 11 is 1.81. The second-order valence-corrected chi connectivity index (χ2v) is 7.53. The number of hydrogen-bond donors (Lipinski definition) is 0. The fraction of sp³-hybridized carbons (Fsp3) is 0.273.